The molecule has 160 valence electrons. The quantitative estimate of drug-likeness (QED) is 0.370. The molecule has 1 saturated heterocycles. The highest BCUT2D eigenvalue weighted by atomic mass is 32.2. The Morgan fingerprint density at radius 2 is 1.77 bits per heavy atom. The van der Waals surface area contributed by atoms with Crippen molar-refractivity contribution in [3.8, 4) is 0 Å². The van der Waals surface area contributed by atoms with Gasteiger partial charge in [-0.15, -0.1) is 0 Å². The lowest BCUT2D eigenvalue weighted by atomic mass is 10.1. The fourth-order valence-corrected chi connectivity index (χ4v) is 4.52. The average Bonchev–Trinajstić information content (AvgIpc) is 3.37. The van der Waals surface area contributed by atoms with Gasteiger partial charge in [-0.25, -0.2) is 9.97 Å². The van der Waals surface area contributed by atoms with Crippen molar-refractivity contribution in [2.45, 2.75) is 57.4 Å². The molecule has 3 heterocycles. The number of likely N-dealkylation sites (tertiary alicyclic amines) is 1. The number of nitrogens with one attached hydrogen (secondary N) is 1. The molecular weight excluding hydrogens is 394 g/mol. The van der Waals surface area contributed by atoms with Gasteiger partial charge in [0.15, 0.2) is 5.16 Å². The van der Waals surface area contributed by atoms with Crippen LogP contribution in [0.25, 0.3) is 0 Å². The van der Waals surface area contributed by atoms with Gasteiger partial charge in [0.2, 0.25) is 0 Å². The van der Waals surface area contributed by atoms with Crippen molar-refractivity contribution in [1.82, 2.24) is 19.8 Å². The number of hydrogen-bond donors (Lipinski definition) is 1. The fraction of sp³-hybridized carbons (Fsp3) is 0.522. The van der Waals surface area contributed by atoms with E-state index < -0.39 is 0 Å². The Balaban J connectivity index is 1.45. The van der Waals surface area contributed by atoms with Gasteiger partial charge in [0.1, 0.15) is 11.4 Å². The Labute approximate surface area is 183 Å². The molecule has 1 aromatic carbocycles. The lowest BCUT2D eigenvalue weighted by Gasteiger charge is -2.17. The maximum absolute atomic E-state index is 13.1. The van der Waals surface area contributed by atoms with Gasteiger partial charge in [-0.1, -0.05) is 49.4 Å². The van der Waals surface area contributed by atoms with Crippen LogP contribution in [0.15, 0.2) is 29.4 Å². The standard InChI is InChI=1S/C23H31N5OS/c1-3-4-11-24-21-20-19(25-23(26-21)30-2)16-28(22(20)29)15-18-9-7-17(8-10-18)14-27-12-5-6-13-27/h7-10H,3-6,11-16H2,1-2H3,(H,24,25,26). The van der Waals surface area contributed by atoms with E-state index in [0.29, 0.717) is 29.6 Å². The molecular formula is C23H31N5OS. The average molecular weight is 426 g/mol. The third-order valence-corrected chi connectivity index (χ3v) is 6.36. The SMILES string of the molecule is CCCCNc1nc(SC)nc2c1C(=O)N(Cc1ccc(CN3CCCC3)cc1)C2. The third kappa shape index (κ3) is 4.78. The van der Waals surface area contributed by atoms with Crippen molar-refractivity contribution >= 4 is 23.5 Å². The van der Waals surface area contributed by atoms with Crippen LogP contribution in [0.2, 0.25) is 0 Å². The molecule has 0 radical (unpaired) electrons. The van der Waals surface area contributed by atoms with E-state index in [4.69, 9.17) is 0 Å². The highest BCUT2D eigenvalue weighted by molar-refractivity contribution is 7.98. The first-order valence-electron chi connectivity index (χ1n) is 11.0. The summed E-state index contributed by atoms with van der Waals surface area (Å²) < 4.78 is 0. The zero-order valence-corrected chi connectivity index (χ0v) is 18.8. The number of aromatic nitrogens is 2. The van der Waals surface area contributed by atoms with Crippen LogP contribution in [0.3, 0.4) is 0 Å². The van der Waals surface area contributed by atoms with Crippen molar-refractivity contribution in [1.29, 1.82) is 0 Å². The number of amides is 1. The molecule has 1 amide bonds. The van der Waals surface area contributed by atoms with E-state index in [-0.39, 0.29) is 5.91 Å². The maximum atomic E-state index is 13.1. The summed E-state index contributed by atoms with van der Waals surface area (Å²) in [4.78, 5) is 26.7. The lowest BCUT2D eigenvalue weighted by molar-refractivity contribution is 0.0767. The summed E-state index contributed by atoms with van der Waals surface area (Å²) in [6.07, 6.45) is 6.74. The summed E-state index contributed by atoms with van der Waals surface area (Å²) in [6, 6.07) is 8.71. The monoisotopic (exact) mass is 425 g/mol. The number of thioether (sulfide) groups is 1. The molecule has 2 aromatic rings. The van der Waals surface area contributed by atoms with Gasteiger partial charge in [0.05, 0.1) is 12.2 Å². The van der Waals surface area contributed by atoms with Crippen molar-refractivity contribution in [2.24, 2.45) is 0 Å². The molecule has 0 aliphatic carbocycles. The predicted octanol–water partition coefficient (Wildman–Crippen LogP) is 4.16. The van der Waals surface area contributed by atoms with Crippen LogP contribution in [0, 0.1) is 0 Å². The van der Waals surface area contributed by atoms with Crippen LogP contribution in [-0.4, -0.2) is 51.6 Å². The number of fused-ring (bicyclic) bond motifs is 1. The fourth-order valence-electron chi connectivity index (χ4n) is 4.13. The van der Waals surface area contributed by atoms with E-state index in [1.54, 1.807) is 0 Å². The summed E-state index contributed by atoms with van der Waals surface area (Å²) >= 11 is 1.51. The van der Waals surface area contributed by atoms with Gasteiger partial charge >= 0.3 is 0 Å². The van der Waals surface area contributed by atoms with Crippen LogP contribution >= 0.6 is 11.8 Å². The first kappa shape index (κ1) is 21.1. The highest BCUT2D eigenvalue weighted by Gasteiger charge is 2.33. The number of unbranched alkanes of at least 4 members (excludes halogenated alkanes) is 1. The summed E-state index contributed by atoms with van der Waals surface area (Å²) in [5.41, 5.74) is 3.98. The van der Waals surface area contributed by atoms with Crippen LogP contribution in [-0.2, 0) is 19.6 Å². The van der Waals surface area contributed by atoms with E-state index in [2.05, 4.69) is 51.4 Å². The van der Waals surface area contributed by atoms with E-state index in [9.17, 15) is 4.79 Å². The van der Waals surface area contributed by atoms with Crippen molar-refractivity contribution < 1.29 is 4.79 Å². The maximum Gasteiger partial charge on any atom is 0.260 e. The molecule has 4 rings (SSSR count). The number of benzene rings is 1. The van der Waals surface area contributed by atoms with E-state index >= 15 is 0 Å². The van der Waals surface area contributed by atoms with Gasteiger partial charge in [0, 0.05) is 19.6 Å². The lowest BCUT2D eigenvalue weighted by Crippen LogP contribution is -2.24. The topological polar surface area (TPSA) is 61.4 Å². The molecule has 0 unspecified atom stereocenters. The largest absolute Gasteiger partial charge is 0.369 e. The predicted molar refractivity (Wildman–Crippen MR) is 122 cm³/mol. The highest BCUT2D eigenvalue weighted by Crippen LogP contribution is 2.30. The minimum absolute atomic E-state index is 0.0257. The van der Waals surface area contributed by atoms with Crippen molar-refractivity contribution in [3.05, 3.63) is 46.6 Å². The van der Waals surface area contributed by atoms with Gasteiger partial charge in [0.25, 0.3) is 5.91 Å². The normalized spacial score (nSPS) is 16.3. The van der Waals surface area contributed by atoms with E-state index in [0.717, 1.165) is 37.2 Å². The minimum atomic E-state index is 0.0257. The molecule has 0 spiro atoms. The third-order valence-electron chi connectivity index (χ3n) is 5.81. The molecule has 0 bridgehead atoms. The van der Waals surface area contributed by atoms with Crippen LogP contribution < -0.4 is 5.32 Å². The first-order chi connectivity index (χ1) is 14.7. The second kappa shape index (κ2) is 9.79. The summed E-state index contributed by atoms with van der Waals surface area (Å²) in [7, 11) is 0. The number of nitrogens with zero attached hydrogens (tertiary/aromatic N) is 4. The molecule has 7 heteroatoms. The number of carbonyl (C=O) groups is 1. The molecule has 0 atom stereocenters. The first-order valence-corrected chi connectivity index (χ1v) is 12.2. The van der Waals surface area contributed by atoms with Gasteiger partial charge in [-0.3, -0.25) is 9.69 Å². The van der Waals surface area contributed by atoms with Crippen molar-refractivity contribution in [2.75, 3.05) is 31.2 Å². The van der Waals surface area contributed by atoms with E-state index in [1.165, 1.54) is 43.3 Å². The molecule has 1 fully saturated rings. The molecule has 2 aliphatic rings. The molecule has 6 nitrogen and oxygen atoms in total. The van der Waals surface area contributed by atoms with Gasteiger partial charge < -0.3 is 10.2 Å². The van der Waals surface area contributed by atoms with E-state index in [1.807, 2.05) is 11.2 Å². The summed E-state index contributed by atoms with van der Waals surface area (Å²) in [5.74, 6) is 0.712. The molecule has 1 N–H and O–H groups in total. The number of carbonyl (C=O) groups excluding carboxylic acids is 1. The van der Waals surface area contributed by atoms with Crippen LogP contribution in [0.4, 0.5) is 5.82 Å². The molecule has 30 heavy (non-hydrogen) atoms. The Kier molecular flexibility index (Phi) is 6.89. The van der Waals surface area contributed by atoms with Gasteiger partial charge in [-0.05, 0) is 49.7 Å². The van der Waals surface area contributed by atoms with Crippen LogP contribution in [0.1, 0.15) is 59.8 Å². The van der Waals surface area contributed by atoms with Crippen molar-refractivity contribution in [3.63, 3.8) is 0 Å². The smallest absolute Gasteiger partial charge is 0.260 e. The second-order valence-corrected chi connectivity index (χ2v) is 8.90. The summed E-state index contributed by atoms with van der Waals surface area (Å²) in [6.45, 7) is 7.55. The zero-order valence-electron chi connectivity index (χ0n) is 18.0. The molecule has 2 aliphatic heterocycles. The minimum Gasteiger partial charge on any atom is -0.369 e. The Hall–Kier alpha value is -2.12. The number of anilines is 1. The number of rotatable bonds is 9. The number of hydrogen-bond acceptors (Lipinski definition) is 6. The zero-order chi connectivity index (χ0) is 20.9. The molecule has 0 saturated carbocycles. The second-order valence-electron chi connectivity index (χ2n) is 8.12. The summed E-state index contributed by atoms with van der Waals surface area (Å²) in [5, 5.41) is 4.08. The Bertz CT molecular complexity index is 880. The van der Waals surface area contributed by atoms with Crippen LogP contribution in [0.5, 0.6) is 0 Å². The van der Waals surface area contributed by atoms with Gasteiger partial charge in [-0.2, -0.15) is 0 Å². The Morgan fingerprint density at radius 3 is 2.43 bits per heavy atom. The molecule has 1 aromatic heterocycles. The Morgan fingerprint density at radius 1 is 1.07 bits per heavy atom.